The Balaban J connectivity index is 1.35. The van der Waals surface area contributed by atoms with E-state index < -0.39 is 0 Å². The van der Waals surface area contributed by atoms with Gasteiger partial charge in [0.15, 0.2) is 0 Å². The van der Waals surface area contributed by atoms with Crippen molar-refractivity contribution in [1.82, 2.24) is 20.3 Å². The van der Waals surface area contributed by atoms with Crippen molar-refractivity contribution in [3.05, 3.63) is 71.7 Å². The van der Waals surface area contributed by atoms with Crippen LogP contribution in [0.2, 0.25) is 0 Å². The van der Waals surface area contributed by atoms with Crippen molar-refractivity contribution in [2.45, 2.75) is 17.4 Å². The topological polar surface area (TPSA) is 87.1 Å². The molecule has 0 saturated carbocycles. The van der Waals surface area contributed by atoms with Gasteiger partial charge in [-0.15, -0.1) is 10.2 Å². The van der Waals surface area contributed by atoms with Crippen molar-refractivity contribution in [2.24, 2.45) is 0 Å². The Morgan fingerprint density at radius 3 is 2.54 bits per heavy atom. The number of benzene rings is 2. The summed E-state index contributed by atoms with van der Waals surface area (Å²) < 4.78 is 29.0. The molecule has 0 unspecified atom stereocenters. The minimum Gasteiger partial charge on any atom is -0.497 e. The fourth-order valence-corrected chi connectivity index (χ4v) is 3.06. The van der Waals surface area contributed by atoms with Gasteiger partial charge in [-0.1, -0.05) is 29.1 Å². The molecule has 2 aromatic heterocycles. The monoisotopic (exact) mass is 398 g/mol. The summed E-state index contributed by atoms with van der Waals surface area (Å²) in [6, 6.07) is 13.6. The molecule has 7 nitrogen and oxygen atoms in total. The van der Waals surface area contributed by atoms with E-state index in [1.54, 1.807) is 19.2 Å². The molecule has 0 aliphatic carbocycles. The third kappa shape index (κ3) is 4.37. The van der Waals surface area contributed by atoms with Crippen molar-refractivity contribution in [3.8, 4) is 17.1 Å². The summed E-state index contributed by atoms with van der Waals surface area (Å²) in [5, 5.41) is 12.4. The second kappa shape index (κ2) is 8.22. The number of hydrogen-bond acceptors (Lipinski definition) is 8. The van der Waals surface area contributed by atoms with Gasteiger partial charge in [-0.05, 0) is 42.0 Å². The highest BCUT2D eigenvalue weighted by molar-refractivity contribution is 7.98. The van der Waals surface area contributed by atoms with Crippen LogP contribution in [-0.2, 0) is 12.2 Å². The molecule has 0 bridgehead atoms. The lowest BCUT2D eigenvalue weighted by Gasteiger charge is -2.00. The van der Waals surface area contributed by atoms with Gasteiger partial charge in [0.25, 0.3) is 5.22 Å². The van der Waals surface area contributed by atoms with E-state index in [0.717, 1.165) is 11.3 Å². The lowest BCUT2D eigenvalue weighted by Crippen LogP contribution is -1.89. The van der Waals surface area contributed by atoms with E-state index in [0.29, 0.717) is 40.6 Å². The maximum Gasteiger partial charge on any atom is 0.277 e. The predicted octanol–water partition coefficient (Wildman–Crippen LogP) is 4.15. The summed E-state index contributed by atoms with van der Waals surface area (Å²) in [5.41, 5.74) is 1.72. The molecule has 28 heavy (non-hydrogen) atoms. The highest BCUT2D eigenvalue weighted by Gasteiger charge is 2.12. The number of halogens is 1. The number of ether oxygens (including phenoxy) is 1. The Morgan fingerprint density at radius 2 is 1.79 bits per heavy atom. The van der Waals surface area contributed by atoms with E-state index in [2.05, 4.69) is 20.3 Å². The Hall–Kier alpha value is -3.20. The van der Waals surface area contributed by atoms with Gasteiger partial charge in [0.05, 0.1) is 19.3 Å². The van der Waals surface area contributed by atoms with Crippen LogP contribution < -0.4 is 4.74 Å². The van der Waals surface area contributed by atoms with Crippen LogP contribution in [0.4, 0.5) is 4.39 Å². The predicted molar refractivity (Wildman–Crippen MR) is 99.4 cm³/mol. The van der Waals surface area contributed by atoms with Gasteiger partial charge in [-0.25, -0.2) is 4.39 Å². The summed E-state index contributed by atoms with van der Waals surface area (Å²) >= 11 is 1.31. The highest BCUT2D eigenvalue weighted by Crippen LogP contribution is 2.24. The zero-order valence-electron chi connectivity index (χ0n) is 14.8. The van der Waals surface area contributed by atoms with Crippen LogP contribution in [0.3, 0.4) is 0 Å². The van der Waals surface area contributed by atoms with Gasteiger partial charge >= 0.3 is 0 Å². The number of rotatable bonds is 7. The molecule has 2 aromatic carbocycles. The molecule has 4 aromatic rings. The lowest BCUT2D eigenvalue weighted by molar-refractivity contribution is 0.389. The molecule has 0 aliphatic heterocycles. The van der Waals surface area contributed by atoms with E-state index in [4.69, 9.17) is 13.7 Å². The molecular weight excluding hydrogens is 383 g/mol. The summed E-state index contributed by atoms with van der Waals surface area (Å²) in [7, 11) is 1.63. The molecular formula is C19H15FN4O3S. The normalized spacial score (nSPS) is 10.9. The second-order valence-corrected chi connectivity index (χ2v) is 6.72. The number of methoxy groups -OCH3 is 1. The van der Waals surface area contributed by atoms with Gasteiger partial charge in [0.2, 0.25) is 17.6 Å². The van der Waals surface area contributed by atoms with Crippen molar-refractivity contribution in [1.29, 1.82) is 0 Å². The zero-order valence-corrected chi connectivity index (χ0v) is 15.6. The van der Waals surface area contributed by atoms with Crippen LogP contribution in [0.15, 0.2) is 62.7 Å². The van der Waals surface area contributed by atoms with Gasteiger partial charge in [0.1, 0.15) is 11.6 Å². The molecule has 0 aliphatic rings. The Labute approximate surface area is 163 Å². The molecule has 0 fully saturated rings. The van der Waals surface area contributed by atoms with Crippen LogP contribution >= 0.6 is 11.8 Å². The maximum absolute atomic E-state index is 13.0. The van der Waals surface area contributed by atoms with Crippen molar-refractivity contribution < 1.29 is 18.1 Å². The van der Waals surface area contributed by atoms with Crippen LogP contribution in [0.5, 0.6) is 5.75 Å². The smallest absolute Gasteiger partial charge is 0.277 e. The van der Waals surface area contributed by atoms with Crippen LogP contribution in [0, 0.1) is 5.82 Å². The first kappa shape index (κ1) is 18.2. The van der Waals surface area contributed by atoms with Crippen LogP contribution in [0.1, 0.15) is 17.3 Å². The number of nitrogens with zero attached hydrogens (tertiary/aromatic N) is 4. The second-order valence-electron chi connectivity index (χ2n) is 5.79. The number of aromatic nitrogens is 4. The van der Waals surface area contributed by atoms with E-state index in [1.807, 2.05) is 24.3 Å². The first-order valence-corrected chi connectivity index (χ1v) is 9.35. The summed E-state index contributed by atoms with van der Waals surface area (Å²) in [5.74, 6) is 2.21. The van der Waals surface area contributed by atoms with E-state index in [1.165, 1.54) is 23.9 Å². The van der Waals surface area contributed by atoms with E-state index >= 15 is 0 Å². The summed E-state index contributed by atoms with van der Waals surface area (Å²) in [6.07, 6.45) is 0.535. The van der Waals surface area contributed by atoms with Gasteiger partial charge in [-0.2, -0.15) is 4.98 Å². The standard InChI is InChI=1S/C19H15FN4O3S/c1-25-15-8-2-12(3-9-15)10-16-22-23-19(26-16)28-11-17-21-18(24-27-17)13-4-6-14(20)7-5-13/h2-9H,10-11H2,1H3. The molecule has 9 heteroatoms. The molecule has 0 atom stereocenters. The largest absolute Gasteiger partial charge is 0.497 e. The van der Waals surface area contributed by atoms with E-state index in [-0.39, 0.29) is 5.82 Å². The average Bonchev–Trinajstić information content (AvgIpc) is 3.37. The average molecular weight is 398 g/mol. The lowest BCUT2D eigenvalue weighted by atomic mass is 10.1. The van der Waals surface area contributed by atoms with Gasteiger partial charge in [-0.3, -0.25) is 0 Å². The molecule has 0 radical (unpaired) electrons. The molecule has 0 amide bonds. The Bertz CT molecular complexity index is 1050. The van der Waals surface area contributed by atoms with Crippen LogP contribution in [-0.4, -0.2) is 27.4 Å². The molecule has 0 N–H and O–H groups in total. The van der Waals surface area contributed by atoms with Gasteiger partial charge < -0.3 is 13.7 Å². The quantitative estimate of drug-likeness (QED) is 0.429. The molecule has 2 heterocycles. The zero-order chi connectivity index (χ0) is 19.3. The van der Waals surface area contributed by atoms with Crippen molar-refractivity contribution in [2.75, 3.05) is 7.11 Å². The molecule has 0 saturated heterocycles. The first-order chi connectivity index (χ1) is 13.7. The van der Waals surface area contributed by atoms with Gasteiger partial charge in [0, 0.05) is 5.56 Å². The molecule has 4 rings (SSSR count). The minimum atomic E-state index is -0.315. The Morgan fingerprint density at radius 1 is 1.00 bits per heavy atom. The number of thioether (sulfide) groups is 1. The van der Waals surface area contributed by atoms with Crippen molar-refractivity contribution >= 4 is 11.8 Å². The maximum atomic E-state index is 13.0. The fourth-order valence-electron chi connectivity index (χ4n) is 2.44. The first-order valence-electron chi connectivity index (χ1n) is 8.36. The molecule has 142 valence electrons. The number of hydrogen-bond donors (Lipinski definition) is 0. The summed E-state index contributed by atoms with van der Waals surface area (Å²) in [6.45, 7) is 0. The Kier molecular flexibility index (Phi) is 5.34. The van der Waals surface area contributed by atoms with Crippen LogP contribution in [0.25, 0.3) is 11.4 Å². The third-order valence-electron chi connectivity index (χ3n) is 3.85. The summed E-state index contributed by atoms with van der Waals surface area (Å²) in [4.78, 5) is 4.29. The van der Waals surface area contributed by atoms with E-state index in [9.17, 15) is 4.39 Å². The molecule has 0 spiro atoms. The SMILES string of the molecule is COc1ccc(Cc2nnc(SCc3nc(-c4ccc(F)cc4)no3)o2)cc1. The minimum absolute atomic E-state index is 0.315. The highest BCUT2D eigenvalue weighted by atomic mass is 32.2. The fraction of sp³-hybridized carbons (Fsp3) is 0.158. The van der Waals surface area contributed by atoms with Crippen molar-refractivity contribution in [3.63, 3.8) is 0 Å². The third-order valence-corrected chi connectivity index (χ3v) is 4.66.